The van der Waals surface area contributed by atoms with Crippen molar-refractivity contribution in [3.05, 3.63) is 22.5 Å². The van der Waals surface area contributed by atoms with E-state index in [1.54, 1.807) is 11.3 Å². The molecule has 0 aliphatic carbocycles. The van der Waals surface area contributed by atoms with Crippen LogP contribution in [0.4, 0.5) is 0 Å². The number of fused-ring (bicyclic) bond motifs is 1. The van der Waals surface area contributed by atoms with E-state index >= 15 is 0 Å². The van der Waals surface area contributed by atoms with E-state index in [2.05, 4.69) is 34.7 Å². The van der Waals surface area contributed by atoms with Gasteiger partial charge in [0.2, 0.25) is 0 Å². The van der Waals surface area contributed by atoms with E-state index in [0.717, 1.165) is 36.6 Å². The number of rotatable bonds is 6. The number of hydrogen-bond acceptors (Lipinski definition) is 4. The van der Waals surface area contributed by atoms with E-state index in [4.69, 9.17) is 0 Å². The third-order valence-corrected chi connectivity index (χ3v) is 3.91. The monoisotopic (exact) mass is 267 g/mol. The Hall–Kier alpha value is -0.910. The van der Waals surface area contributed by atoms with Gasteiger partial charge in [0.05, 0.1) is 17.5 Å². The van der Waals surface area contributed by atoms with Gasteiger partial charge in [0.15, 0.2) is 4.96 Å². The fourth-order valence-electron chi connectivity index (χ4n) is 2.05. The molecule has 2 rings (SSSR count). The summed E-state index contributed by atoms with van der Waals surface area (Å²) in [5, 5.41) is 12.6. The quantitative estimate of drug-likeness (QED) is 0.789. The van der Waals surface area contributed by atoms with Crippen LogP contribution in [0.25, 0.3) is 4.96 Å². The molecule has 0 fully saturated rings. The zero-order chi connectivity index (χ0) is 13.1. The van der Waals surface area contributed by atoms with Gasteiger partial charge in [0.25, 0.3) is 0 Å². The van der Waals surface area contributed by atoms with Gasteiger partial charge in [0.1, 0.15) is 0 Å². The molecular weight excluding hydrogens is 246 g/mol. The second-order valence-corrected chi connectivity index (χ2v) is 6.02. The minimum Gasteiger partial charge on any atom is -0.393 e. The number of hydrogen-bond donors (Lipinski definition) is 2. The molecule has 1 atom stereocenters. The van der Waals surface area contributed by atoms with Crippen LogP contribution in [0.1, 0.15) is 36.0 Å². The molecule has 0 aliphatic heterocycles. The van der Waals surface area contributed by atoms with Crippen molar-refractivity contribution in [1.82, 2.24) is 14.7 Å². The van der Waals surface area contributed by atoms with E-state index in [1.807, 2.05) is 6.92 Å². The van der Waals surface area contributed by atoms with E-state index in [1.165, 1.54) is 10.6 Å². The molecule has 5 heteroatoms. The molecule has 0 saturated heterocycles. The van der Waals surface area contributed by atoms with Crippen LogP contribution >= 0.6 is 11.3 Å². The lowest BCUT2D eigenvalue weighted by atomic mass is 10.2. The van der Waals surface area contributed by atoms with Gasteiger partial charge in [-0.2, -0.15) is 0 Å². The standard InChI is InChI=1S/C13H21N3OS/c1-9(17)5-4-6-14-7-12-11(3)15-13-16(12)8-10(2)18-13/h8-9,14,17H,4-7H2,1-3H3. The summed E-state index contributed by atoms with van der Waals surface area (Å²) in [6, 6.07) is 0. The predicted octanol–water partition coefficient (Wildman–Crippen LogP) is 2.26. The number of nitrogens with zero attached hydrogens (tertiary/aromatic N) is 2. The Morgan fingerprint density at radius 3 is 3.00 bits per heavy atom. The third kappa shape index (κ3) is 3.10. The van der Waals surface area contributed by atoms with E-state index < -0.39 is 0 Å². The van der Waals surface area contributed by atoms with Gasteiger partial charge in [-0.25, -0.2) is 4.98 Å². The Kier molecular flexibility index (Phi) is 4.37. The second kappa shape index (κ2) is 5.82. The van der Waals surface area contributed by atoms with Crippen LogP contribution in [0.5, 0.6) is 0 Å². The molecular formula is C13H21N3OS. The van der Waals surface area contributed by atoms with Crippen molar-refractivity contribution in [2.75, 3.05) is 6.54 Å². The molecule has 2 N–H and O–H groups in total. The maximum Gasteiger partial charge on any atom is 0.194 e. The Balaban J connectivity index is 1.92. The Bertz CT molecular complexity index is 516. The molecule has 0 amide bonds. The van der Waals surface area contributed by atoms with Gasteiger partial charge in [-0.05, 0) is 40.2 Å². The average molecular weight is 267 g/mol. The highest BCUT2D eigenvalue weighted by atomic mass is 32.1. The van der Waals surface area contributed by atoms with Crippen molar-refractivity contribution in [1.29, 1.82) is 0 Å². The van der Waals surface area contributed by atoms with Crippen molar-refractivity contribution < 1.29 is 5.11 Å². The summed E-state index contributed by atoms with van der Waals surface area (Å²) in [7, 11) is 0. The van der Waals surface area contributed by atoms with Crippen LogP contribution in [0, 0.1) is 13.8 Å². The summed E-state index contributed by atoms with van der Waals surface area (Å²) in [5.74, 6) is 0. The number of aliphatic hydroxyl groups is 1. The maximum absolute atomic E-state index is 9.18. The van der Waals surface area contributed by atoms with Gasteiger partial charge < -0.3 is 10.4 Å². The number of nitrogens with one attached hydrogen (secondary N) is 1. The first-order valence-corrected chi connectivity index (χ1v) is 7.22. The minimum absolute atomic E-state index is 0.199. The van der Waals surface area contributed by atoms with Crippen molar-refractivity contribution in [3.8, 4) is 0 Å². The van der Waals surface area contributed by atoms with Gasteiger partial charge in [-0.15, -0.1) is 11.3 Å². The number of thiazole rings is 1. The Morgan fingerprint density at radius 2 is 2.28 bits per heavy atom. The van der Waals surface area contributed by atoms with Crippen molar-refractivity contribution in [2.45, 2.75) is 46.3 Å². The molecule has 2 heterocycles. The second-order valence-electron chi connectivity index (χ2n) is 4.81. The fourth-order valence-corrected chi connectivity index (χ4v) is 2.94. The van der Waals surface area contributed by atoms with Crippen molar-refractivity contribution >= 4 is 16.3 Å². The minimum atomic E-state index is -0.199. The molecule has 4 nitrogen and oxygen atoms in total. The van der Waals surface area contributed by atoms with Gasteiger partial charge in [-0.3, -0.25) is 4.40 Å². The molecule has 2 aromatic rings. The summed E-state index contributed by atoms with van der Waals surface area (Å²) in [4.78, 5) is 6.92. The van der Waals surface area contributed by atoms with Crippen molar-refractivity contribution in [2.24, 2.45) is 0 Å². The Morgan fingerprint density at radius 1 is 1.50 bits per heavy atom. The van der Waals surface area contributed by atoms with E-state index in [9.17, 15) is 5.11 Å². The lowest BCUT2D eigenvalue weighted by Gasteiger charge is -2.06. The van der Waals surface area contributed by atoms with Crippen molar-refractivity contribution in [3.63, 3.8) is 0 Å². The van der Waals surface area contributed by atoms with Crippen LogP contribution in [0.2, 0.25) is 0 Å². The SMILES string of the molecule is Cc1cn2c(CNCCCC(C)O)c(C)nc2s1. The first kappa shape index (κ1) is 13.5. The van der Waals surface area contributed by atoms with Gasteiger partial charge in [-0.1, -0.05) is 0 Å². The number of aliphatic hydroxyl groups excluding tert-OH is 1. The summed E-state index contributed by atoms with van der Waals surface area (Å²) < 4.78 is 2.18. The highest BCUT2D eigenvalue weighted by molar-refractivity contribution is 7.17. The Labute approximate surface area is 112 Å². The first-order chi connectivity index (χ1) is 8.58. The molecule has 0 spiro atoms. The molecule has 1 unspecified atom stereocenters. The van der Waals surface area contributed by atoms with Gasteiger partial charge in [0, 0.05) is 17.6 Å². The predicted molar refractivity (Wildman–Crippen MR) is 75.2 cm³/mol. The maximum atomic E-state index is 9.18. The van der Waals surface area contributed by atoms with Crippen LogP contribution in [-0.2, 0) is 6.54 Å². The molecule has 0 bridgehead atoms. The highest BCUT2D eigenvalue weighted by Crippen LogP contribution is 2.20. The molecule has 18 heavy (non-hydrogen) atoms. The smallest absolute Gasteiger partial charge is 0.194 e. The van der Waals surface area contributed by atoms with Crippen LogP contribution in [0.15, 0.2) is 6.20 Å². The number of imidazole rings is 1. The molecule has 0 radical (unpaired) electrons. The lowest BCUT2D eigenvalue weighted by molar-refractivity contribution is 0.181. The molecule has 0 aliphatic rings. The van der Waals surface area contributed by atoms with Crippen LogP contribution < -0.4 is 5.32 Å². The molecule has 100 valence electrons. The summed E-state index contributed by atoms with van der Waals surface area (Å²) >= 11 is 1.73. The van der Waals surface area contributed by atoms with Crippen LogP contribution in [-0.4, -0.2) is 27.1 Å². The normalized spacial score (nSPS) is 13.3. The van der Waals surface area contributed by atoms with Gasteiger partial charge >= 0.3 is 0 Å². The summed E-state index contributed by atoms with van der Waals surface area (Å²) in [6.07, 6.45) is 3.80. The summed E-state index contributed by atoms with van der Waals surface area (Å²) in [5.41, 5.74) is 2.34. The fraction of sp³-hybridized carbons (Fsp3) is 0.615. The third-order valence-electron chi connectivity index (χ3n) is 3.01. The van der Waals surface area contributed by atoms with Crippen LogP contribution in [0.3, 0.4) is 0 Å². The number of aromatic nitrogens is 2. The zero-order valence-electron chi connectivity index (χ0n) is 11.2. The zero-order valence-corrected chi connectivity index (χ0v) is 12.0. The van der Waals surface area contributed by atoms with E-state index in [0.29, 0.717) is 0 Å². The lowest BCUT2D eigenvalue weighted by Crippen LogP contribution is -2.17. The highest BCUT2D eigenvalue weighted by Gasteiger charge is 2.10. The van der Waals surface area contributed by atoms with E-state index in [-0.39, 0.29) is 6.10 Å². The number of aryl methyl sites for hydroxylation is 2. The summed E-state index contributed by atoms with van der Waals surface area (Å²) in [6.45, 7) is 7.76. The molecule has 2 aromatic heterocycles. The largest absolute Gasteiger partial charge is 0.393 e. The molecule has 0 aromatic carbocycles. The topological polar surface area (TPSA) is 49.6 Å². The first-order valence-electron chi connectivity index (χ1n) is 6.40. The molecule has 0 saturated carbocycles. The average Bonchev–Trinajstić information content (AvgIpc) is 2.75.